The predicted octanol–water partition coefficient (Wildman–Crippen LogP) is 2.17. The summed E-state index contributed by atoms with van der Waals surface area (Å²) in [6.07, 6.45) is 0. The van der Waals surface area contributed by atoms with Crippen LogP contribution in [0.1, 0.15) is 11.6 Å². The van der Waals surface area contributed by atoms with Crippen LogP contribution >= 0.6 is 0 Å². The second kappa shape index (κ2) is 4.33. The molecule has 0 spiro atoms. The highest BCUT2D eigenvalue weighted by molar-refractivity contribution is 5.82. The smallest absolute Gasteiger partial charge is 0.218 e. The Labute approximate surface area is 117 Å². The van der Waals surface area contributed by atoms with E-state index in [9.17, 15) is 0 Å². The highest BCUT2D eigenvalue weighted by atomic mass is 16.7. The van der Waals surface area contributed by atoms with Gasteiger partial charge in [0, 0.05) is 23.9 Å². The topological polar surface area (TPSA) is 43.8 Å². The number of ether oxygens (including phenoxy) is 2. The number of fused-ring (bicyclic) bond motifs is 4. The molecule has 5 nitrogen and oxygen atoms in total. The molecule has 1 saturated heterocycles. The SMILES string of the molecule is COc1ccc2nc3c(cc2c1)[C@@H]1[C@H](CO3)CON1C. The number of hydrogen-bond donors (Lipinski definition) is 0. The first-order valence-electron chi connectivity index (χ1n) is 6.73. The summed E-state index contributed by atoms with van der Waals surface area (Å²) in [6.45, 7) is 1.37. The molecule has 2 aliphatic rings. The summed E-state index contributed by atoms with van der Waals surface area (Å²) >= 11 is 0. The van der Waals surface area contributed by atoms with Crippen molar-refractivity contribution in [1.29, 1.82) is 0 Å². The number of hydrogen-bond acceptors (Lipinski definition) is 5. The first-order valence-corrected chi connectivity index (χ1v) is 6.73. The Kier molecular flexibility index (Phi) is 2.58. The van der Waals surface area contributed by atoms with Crippen molar-refractivity contribution in [2.45, 2.75) is 6.04 Å². The van der Waals surface area contributed by atoms with Gasteiger partial charge in [-0.2, -0.15) is 5.06 Å². The van der Waals surface area contributed by atoms with Crippen molar-refractivity contribution in [1.82, 2.24) is 10.0 Å². The van der Waals surface area contributed by atoms with Gasteiger partial charge in [0.05, 0.1) is 31.9 Å². The Morgan fingerprint density at radius 2 is 2.20 bits per heavy atom. The van der Waals surface area contributed by atoms with Crippen molar-refractivity contribution in [3.05, 3.63) is 29.8 Å². The van der Waals surface area contributed by atoms with Crippen LogP contribution in [-0.2, 0) is 4.84 Å². The van der Waals surface area contributed by atoms with Gasteiger partial charge in [0.25, 0.3) is 0 Å². The van der Waals surface area contributed by atoms with Crippen molar-refractivity contribution in [2.24, 2.45) is 5.92 Å². The van der Waals surface area contributed by atoms with Gasteiger partial charge in [-0.1, -0.05) is 0 Å². The summed E-state index contributed by atoms with van der Waals surface area (Å²) in [5.74, 6) is 1.93. The molecule has 104 valence electrons. The molecule has 20 heavy (non-hydrogen) atoms. The molecule has 0 saturated carbocycles. The van der Waals surface area contributed by atoms with Crippen LogP contribution in [0.4, 0.5) is 0 Å². The maximum atomic E-state index is 5.80. The molecule has 2 aliphatic heterocycles. The van der Waals surface area contributed by atoms with Crippen LogP contribution < -0.4 is 9.47 Å². The molecule has 0 radical (unpaired) electrons. The number of pyridine rings is 1. The number of nitrogens with zero attached hydrogens (tertiary/aromatic N) is 2. The van der Waals surface area contributed by atoms with Gasteiger partial charge in [0.1, 0.15) is 5.75 Å². The average molecular weight is 272 g/mol. The van der Waals surface area contributed by atoms with E-state index < -0.39 is 0 Å². The van der Waals surface area contributed by atoms with Crippen LogP contribution in [0.5, 0.6) is 11.6 Å². The largest absolute Gasteiger partial charge is 0.497 e. The summed E-state index contributed by atoms with van der Waals surface area (Å²) in [6, 6.07) is 8.24. The molecule has 3 heterocycles. The summed E-state index contributed by atoms with van der Waals surface area (Å²) < 4.78 is 11.1. The maximum absolute atomic E-state index is 5.80. The van der Waals surface area contributed by atoms with Gasteiger partial charge in [-0.15, -0.1) is 0 Å². The molecule has 1 aromatic heterocycles. The van der Waals surface area contributed by atoms with Crippen molar-refractivity contribution >= 4 is 10.9 Å². The molecule has 0 bridgehead atoms. The van der Waals surface area contributed by atoms with E-state index in [0.717, 1.165) is 28.1 Å². The molecule has 2 aromatic rings. The number of benzene rings is 1. The van der Waals surface area contributed by atoms with E-state index in [-0.39, 0.29) is 6.04 Å². The lowest BCUT2D eigenvalue weighted by molar-refractivity contribution is -0.111. The van der Waals surface area contributed by atoms with Gasteiger partial charge >= 0.3 is 0 Å². The minimum absolute atomic E-state index is 0.224. The lowest BCUT2D eigenvalue weighted by atomic mass is 9.93. The lowest BCUT2D eigenvalue weighted by Gasteiger charge is -2.29. The van der Waals surface area contributed by atoms with Gasteiger partial charge < -0.3 is 9.47 Å². The predicted molar refractivity (Wildman–Crippen MR) is 73.7 cm³/mol. The van der Waals surface area contributed by atoms with Crippen molar-refractivity contribution in [2.75, 3.05) is 27.4 Å². The van der Waals surface area contributed by atoms with E-state index in [1.165, 1.54) is 0 Å². The minimum Gasteiger partial charge on any atom is -0.497 e. The molecule has 0 unspecified atom stereocenters. The third-order valence-electron chi connectivity index (χ3n) is 4.10. The third-order valence-corrected chi connectivity index (χ3v) is 4.10. The van der Waals surface area contributed by atoms with Crippen LogP contribution in [0.2, 0.25) is 0 Å². The van der Waals surface area contributed by atoms with Gasteiger partial charge in [-0.05, 0) is 24.3 Å². The molecule has 1 aromatic carbocycles. The molecule has 0 N–H and O–H groups in total. The highest BCUT2D eigenvalue weighted by Gasteiger charge is 2.40. The summed E-state index contributed by atoms with van der Waals surface area (Å²) in [5, 5.41) is 2.98. The van der Waals surface area contributed by atoms with E-state index in [4.69, 9.17) is 14.3 Å². The summed E-state index contributed by atoms with van der Waals surface area (Å²) in [5.41, 5.74) is 2.02. The normalized spacial score (nSPS) is 25.1. The second-order valence-corrected chi connectivity index (χ2v) is 5.30. The highest BCUT2D eigenvalue weighted by Crippen LogP contribution is 2.42. The zero-order valence-electron chi connectivity index (χ0n) is 11.5. The number of aromatic nitrogens is 1. The molecule has 5 heteroatoms. The molecule has 1 fully saturated rings. The van der Waals surface area contributed by atoms with Crippen molar-refractivity contribution in [3.63, 3.8) is 0 Å². The molecular weight excluding hydrogens is 256 g/mol. The number of rotatable bonds is 1. The van der Waals surface area contributed by atoms with Crippen molar-refractivity contribution in [3.8, 4) is 11.6 Å². The standard InChI is InChI=1S/C15H16N2O3/c1-17-14-10(8-20-17)7-19-15-12(14)6-9-5-11(18-2)3-4-13(9)16-15/h3-6,10,14H,7-8H2,1-2H3/t10-,14+/m1/s1. The Bertz CT molecular complexity index is 673. The Balaban J connectivity index is 1.89. The van der Waals surface area contributed by atoms with Gasteiger partial charge in [0.15, 0.2) is 0 Å². The first kappa shape index (κ1) is 11.9. The van der Waals surface area contributed by atoms with Crippen LogP contribution in [0, 0.1) is 5.92 Å². The summed E-state index contributed by atoms with van der Waals surface area (Å²) in [4.78, 5) is 10.2. The average Bonchev–Trinajstić information content (AvgIpc) is 2.86. The van der Waals surface area contributed by atoms with Crippen LogP contribution in [0.3, 0.4) is 0 Å². The van der Waals surface area contributed by atoms with Gasteiger partial charge in [-0.3, -0.25) is 4.84 Å². The Morgan fingerprint density at radius 1 is 1.30 bits per heavy atom. The first-order chi connectivity index (χ1) is 9.76. The molecule has 4 rings (SSSR count). The van der Waals surface area contributed by atoms with E-state index in [1.54, 1.807) is 7.11 Å². The Hall–Kier alpha value is -1.85. The van der Waals surface area contributed by atoms with E-state index in [2.05, 4.69) is 11.1 Å². The quantitative estimate of drug-likeness (QED) is 0.796. The fraction of sp³-hybridized carbons (Fsp3) is 0.400. The zero-order valence-corrected chi connectivity index (χ0v) is 11.5. The van der Waals surface area contributed by atoms with Crippen LogP contribution in [-0.4, -0.2) is 37.4 Å². The molecule has 0 amide bonds. The van der Waals surface area contributed by atoms with Crippen LogP contribution in [0.25, 0.3) is 10.9 Å². The summed E-state index contributed by atoms with van der Waals surface area (Å²) in [7, 11) is 3.64. The van der Waals surface area contributed by atoms with Gasteiger partial charge in [-0.25, -0.2) is 4.98 Å². The molecular formula is C15H16N2O3. The monoisotopic (exact) mass is 272 g/mol. The van der Waals surface area contributed by atoms with E-state index >= 15 is 0 Å². The van der Waals surface area contributed by atoms with Crippen molar-refractivity contribution < 1.29 is 14.3 Å². The van der Waals surface area contributed by atoms with E-state index in [1.807, 2.05) is 30.3 Å². The fourth-order valence-electron chi connectivity index (χ4n) is 3.06. The van der Waals surface area contributed by atoms with Gasteiger partial charge in [0.2, 0.25) is 5.88 Å². The molecule has 0 aliphatic carbocycles. The second-order valence-electron chi connectivity index (χ2n) is 5.30. The Morgan fingerprint density at radius 3 is 3.05 bits per heavy atom. The third kappa shape index (κ3) is 1.67. The number of methoxy groups -OCH3 is 1. The van der Waals surface area contributed by atoms with Crippen LogP contribution in [0.15, 0.2) is 24.3 Å². The lowest BCUT2D eigenvalue weighted by Crippen LogP contribution is -2.29. The fourth-order valence-corrected chi connectivity index (χ4v) is 3.06. The zero-order chi connectivity index (χ0) is 13.7. The number of hydroxylamine groups is 2. The maximum Gasteiger partial charge on any atom is 0.218 e. The molecule has 2 atom stereocenters. The van der Waals surface area contributed by atoms with E-state index in [0.29, 0.717) is 19.1 Å². The minimum atomic E-state index is 0.224.